The predicted molar refractivity (Wildman–Crippen MR) is 97.6 cm³/mol. The van der Waals surface area contributed by atoms with E-state index < -0.39 is 6.09 Å². The van der Waals surface area contributed by atoms with Crippen LogP contribution in [-0.4, -0.2) is 41.4 Å². The molecule has 1 amide bonds. The first-order valence-electron chi connectivity index (χ1n) is 8.13. The molecule has 0 saturated carbocycles. The van der Waals surface area contributed by atoms with Gasteiger partial charge in [-0.15, -0.1) is 0 Å². The lowest BCUT2D eigenvalue weighted by Crippen LogP contribution is -2.27. The Kier molecular flexibility index (Phi) is 7.04. The number of hydrogen-bond donors (Lipinski definition) is 2. The van der Waals surface area contributed by atoms with Crippen molar-refractivity contribution < 1.29 is 19.7 Å². The lowest BCUT2D eigenvalue weighted by atomic mass is 10.1. The summed E-state index contributed by atoms with van der Waals surface area (Å²) in [6, 6.07) is 17.3. The average molecular weight is 341 g/mol. The minimum Gasteiger partial charge on any atom is -0.486 e. The molecule has 0 radical (unpaired) electrons. The van der Waals surface area contributed by atoms with Gasteiger partial charge in [0.1, 0.15) is 11.9 Å². The molecular formula is C20H23NO4. The third-order valence-corrected chi connectivity index (χ3v) is 3.80. The van der Waals surface area contributed by atoms with Gasteiger partial charge in [-0.1, -0.05) is 54.6 Å². The summed E-state index contributed by atoms with van der Waals surface area (Å²) in [5.41, 5.74) is 1.98. The molecule has 0 saturated heterocycles. The van der Waals surface area contributed by atoms with Crippen molar-refractivity contribution in [1.82, 2.24) is 4.90 Å². The first kappa shape index (κ1) is 18.5. The van der Waals surface area contributed by atoms with E-state index in [9.17, 15) is 4.79 Å². The summed E-state index contributed by atoms with van der Waals surface area (Å²) in [7, 11) is 1.55. The zero-order valence-electron chi connectivity index (χ0n) is 14.2. The van der Waals surface area contributed by atoms with Gasteiger partial charge < -0.3 is 19.8 Å². The van der Waals surface area contributed by atoms with Crippen molar-refractivity contribution >= 4 is 12.2 Å². The van der Waals surface area contributed by atoms with Crippen molar-refractivity contribution in [1.29, 1.82) is 0 Å². The van der Waals surface area contributed by atoms with Gasteiger partial charge in [0, 0.05) is 20.0 Å². The zero-order chi connectivity index (χ0) is 18.1. The summed E-state index contributed by atoms with van der Waals surface area (Å²) >= 11 is 0. The number of carboxylic acid groups (broad SMARTS) is 1. The quantitative estimate of drug-likeness (QED) is 0.766. The smallest absolute Gasteiger partial charge is 0.407 e. The van der Waals surface area contributed by atoms with Gasteiger partial charge in [0.05, 0.1) is 6.61 Å². The number of hydrogen-bond acceptors (Lipinski definition) is 3. The zero-order valence-corrected chi connectivity index (χ0v) is 14.2. The Labute approximate surface area is 147 Å². The Morgan fingerprint density at radius 3 is 2.44 bits per heavy atom. The molecular weight excluding hydrogens is 318 g/mol. The molecule has 132 valence electrons. The van der Waals surface area contributed by atoms with Gasteiger partial charge >= 0.3 is 6.09 Å². The van der Waals surface area contributed by atoms with Crippen LogP contribution in [0.2, 0.25) is 0 Å². The summed E-state index contributed by atoms with van der Waals surface area (Å²) in [6.45, 7) is 0.387. The topological polar surface area (TPSA) is 70.0 Å². The van der Waals surface area contributed by atoms with E-state index in [2.05, 4.69) is 0 Å². The minimum atomic E-state index is -0.952. The predicted octanol–water partition coefficient (Wildman–Crippen LogP) is 3.81. The molecule has 2 N–H and O–H groups in total. The van der Waals surface area contributed by atoms with Crippen molar-refractivity contribution in [3.63, 3.8) is 0 Å². The summed E-state index contributed by atoms with van der Waals surface area (Å²) in [5, 5.41) is 17.8. The van der Waals surface area contributed by atoms with Crippen LogP contribution in [0.25, 0.3) is 6.08 Å². The summed E-state index contributed by atoms with van der Waals surface area (Å²) < 4.78 is 6.10. The van der Waals surface area contributed by atoms with Crippen LogP contribution in [0.4, 0.5) is 4.79 Å². The largest absolute Gasteiger partial charge is 0.486 e. The maximum atomic E-state index is 11.0. The minimum absolute atomic E-state index is 0.00538. The third kappa shape index (κ3) is 5.97. The maximum Gasteiger partial charge on any atom is 0.407 e. The number of ether oxygens (including phenoxy) is 1. The molecule has 5 heteroatoms. The Bertz CT molecular complexity index is 683. The van der Waals surface area contributed by atoms with E-state index in [0.717, 1.165) is 11.1 Å². The fraction of sp³-hybridized carbons (Fsp3) is 0.250. The molecule has 0 bridgehead atoms. The molecule has 25 heavy (non-hydrogen) atoms. The Morgan fingerprint density at radius 2 is 1.84 bits per heavy atom. The van der Waals surface area contributed by atoms with E-state index in [1.807, 2.05) is 60.7 Å². The van der Waals surface area contributed by atoms with Gasteiger partial charge in [0.15, 0.2) is 0 Å². The highest BCUT2D eigenvalue weighted by atomic mass is 16.5. The fourth-order valence-corrected chi connectivity index (χ4v) is 2.38. The molecule has 0 spiro atoms. The Hall–Kier alpha value is -2.79. The van der Waals surface area contributed by atoms with E-state index in [4.69, 9.17) is 14.9 Å². The number of aliphatic hydroxyl groups is 1. The lowest BCUT2D eigenvalue weighted by molar-refractivity contribution is 0.140. The van der Waals surface area contributed by atoms with Crippen molar-refractivity contribution in [3.8, 4) is 5.75 Å². The highest BCUT2D eigenvalue weighted by Crippen LogP contribution is 2.25. The molecule has 1 unspecified atom stereocenters. The summed E-state index contributed by atoms with van der Waals surface area (Å²) in [6.07, 6.45) is 2.87. The Balaban J connectivity index is 2.10. The highest BCUT2D eigenvalue weighted by molar-refractivity contribution is 5.64. The normalized spacial score (nSPS) is 12.1. The molecule has 0 aliphatic rings. The average Bonchev–Trinajstić information content (AvgIpc) is 2.64. The van der Waals surface area contributed by atoms with Gasteiger partial charge in [-0.2, -0.15) is 0 Å². The SMILES string of the molecule is CN(CCC(Oc1ccc(C=CCO)cc1)c1ccccc1)C(=O)O. The van der Waals surface area contributed by atoms with Crippen molar-refractivity contribution in [3.05, 3.63) is 71.8 Å². The van der Waals surface area contributed by atoms with Crippen LogP contribution < -0.4 is 4.74 Å². The highest BCUT2D eigenvalue weighted by Gasteiger charge is 2.16. The van der Waals surface area contributed by atoms with Crippen LogP contribution in [0.1, 0.15) is 23.7 Å². The first-order chi connectivity index (χ1) is 12.1. The molecule has 0 aliphatic heterocycles. The van der Waals surface area contributed by atoms with Crippen molar-refractivity contribution in [2.75, 3.05) is 20.2 Å². The Morgan fingerprint density at radius 1 is 1.16 bits per heavy atom. The molecule has 1 atom stereocenters. The standard InChI is InChI=1S/C20H23NO4/c1-21(20(23)24)14-13-19(17-7-3-2-4-8-17)25-18-11-9-16(10-12-18)6-5-15-22/h2-12,19,22H,13-15H2,1H3,(H,23,24). The van der Waals surface area contributed by atoms with Gasteiger partial charge in [-0.05, 0) is 23.3 Å². The lowest BCUT2D eigenvalue weighted by Gasteiger charge is -2.22. The van der Waals surface area contributed by atoms with Crippen LogP contribution in [-0.2, 0) is 0 Å². The number of aliphatic hydroxyl groups excluding tert-OH is 1. The van der Waals surface area contributed by atoms with Gasteiger partial charge in [-0.25, -0.2) is 4.79 Å². The van der Waals surface area contributed by atoms with E-state index in [0.29, 0.717) is 18.7 Å². The van der Waals surface area contributed by atoms with Gasteiger partial charge in [0.25, 0.3) is 0 Å². The van der Waals surface area contributed by atoms with E-state index in [1.54, 1.807) is 13.1 Å². The van der Waals surface area contributed by atoms with Gasteiger partial charge in [0.2, 0.25) is 0 Å². The second-order valence-electron chi connectivity index (χ2n) is 5.66. The molecule has 2 aromatic carbocycles. The molecule has 0 aromatic heterocycles. The number of benzene rings is 2. The van der Waals surface area contributed by atoms with Crippen LogP contribution in [0.3, 0.4) is 0 Å². The number of nitrogens with zero attached hydrogens (tertiary/aromatic N) is 1. The molecule has 2 rings (SSSR count). The van der Waals surface area contributed by atoms with E-state index in [1.165, 1.54) is 4.90 Å². The summed E-state index contributed by atoms with van der Waals surface area (Å²) in [5.74, 6) is 0.716. The van der Waals surface area contributed by atoms with E-state index in [-0.39, 0.29) is 12.7 Å². The van der Waals surface area contributed by atoms with Crippen LogP contribution in [0.15, 0.2) is 60.7 Å². The molecule has 0 fully saturated rings. The van der Waals surface area contributed by atoms with Crippen molar-refractivity contribution in [2.45, 2.75) is 12.5 Å². The molecule has 0 heterocycles. The number of rotatable bonds is 8. The van der Waals surface area contributed by atoms with Crippen molar-refractivity contribution in [2.24, 2.45) is 0 Å². The molecule has 5 nitrogen and oxygen atoms in total. The first-order valence-corrected chi connectivity index (χ1v) is 8.13. The summed E-state index contributed by atoms with van der Waals surface area (Å²) in [4.78, 5) is 12.2. The van der Waals surface area contributed by atoms with E-state index >= 15 is 0 Å². The third-order valence-electron chi connectivity index (χ3n) is 3.80. The van der Waals surface area contributed by atoms with Crippen LogP contribution in [0, 0.1) is 0 Å². The number of amides is 1. The molecule has 0 aliphatic carbocycles. The maximum absolute atomic E-state index is 11.0. The van der Waals surface area contributed by atoms with Crippen LogP contribution in [0.5, 0.6) is 5.75 Å². The second kappa shape index (κ2) is 9.49. The molecule has 2 aromatic rings. The van der Waals surface area contributed by atoms with Crippen LogP contribution >= 0.6 is 0 Å². The monoisotopic (exact) mass is 341 g/mol. The second-order valence-corrected chi connectivity index (χ2v) is 5.66. The number of carbonyl (C=O) groups is 1. The fourth-order valence-electron chi connectivity index (χ4n) is 2.38. The van der Waals surface area contributed by atoms with Gasteiger partial charge in [-0.3, -0.25) is 0 Å².